The zero-order valence-electron chi connectivity index (χ0n) is 8.88. The fourth-order valence-electron chi connectivity index (χ4n) is 2.08. The average Bonchev–Trinajstić information content (AvgIpc) is 2.08. The third kappa shape index (κ3) is 1.80. The highest BCUT2D eigenvalue weighted by Gasteiger charge is 2.50. The van der Waals surface area contributed by atoms with Crippen molar-refractivity contribution in [3.8, 4) is 0 Å². The maximum absolute atomic E-state index is 9.74. The van der Waals surface area contributed by atoms with E-state index in [-0.39, 0.29) is 11.8 Å². The molecule has 1 saturated carbocycles. The van der Waals surface area contributed by atoms with Crippen LogP contribution < -0.4 is 0 Å². The lowest BCUT2D eigenvalue weighted by Gasteiger charge is -2.46. The van der Waals surface area contributed by atoms with Gasteiger partial charge in [-0.2, -0.15) is 0 Å². The fourth-order valence-corrected chi connectivity index (χ4v) is 2.08. The molecule has 1 aliphatic rings. The second kappa shape index (κ2) is 3.77. The first kappa shape index (κ1) is 11.9. The van der Waals surface area contributed by atoms with Crippen molar-refractivity contribution in [2.75, 3.05) is 0 Å². The molecule has 0 radical (unpaired) electrons. The minimum absolute atomic E-state index is 0.166. The molecule has 0 aromatic carbocycles. The Bertz CT molecular complexity index is 200. The first-order valence-corrected chi connectivity index (χ1v) is 5.05. The molecule has 5 atom stereocenters. The van der Waals surface area contributed by atoms with Crippen LogP contribution in [-0.2, 0) is 0 Å². The van der Waals surface area contributed by atoms with Gasteiger partial charge in [0.05, 0.1) is 12.2 Å². The first-order chi connectivity index (χ1) is 6.28. The molecule has 1 unspecified atom stereocenters. The fraction of sp³-hybridized carbons (Fsp3) is 1.00. The highest BCUT2D eigenvalue weighted by Crippen LogP contribution is 2.36. The Hall–Kier alpha value is -0.160. The SMILES string of the molecule is CC(C)C1C[C@H](O)[C@](C)(O)[C@@H](O)[C@@H]1O. The highest BCUT2D eigenvalue weighted by molar-refractivity contribution is 5.01. The lowest BCUT2D eigenvalue weighted by Crippen LogP contribution is -2.62. The number of aliphatic hydroxyl groups is 4. The molecular weight excluding hydrogens is 184 g/mol. The highest BCUT2D eigenvalue weighted by atomic mass is 16.4. The lowest BCUT2D eigenvalue weighted by molar-refractivity contribution is -0.214. The summed E-state index contributed by atoms with van der Waals surface area (Å²) in [5, 5.41) is 38.7. The predicted molar refractivity (Wildman–Crippen MR) is 51.6 cm³/mol. The van der Waals surface area contributed by atoms with Crippen molar-refractivity contribution in [2.45, 2.75) is 51.1 Å². The van der Waals surface area contributed by atoms with Gasteiger partial charge in [0.2, 0.25) is 0 Å². The van der Waals surface area contributed by atoms with E-state index in [1.807, 2.05) is 13.8 Å². The number of aliphatic hydroxyl groups excluding tert-OH is 3. The maximum Gasteiger partial charge on any atom is 0.116 e. The van der Waals surface area contributed by atoms with Crippen LogP contribution in [0.5, 0.6) is 0 Å². The van der Waals surface area contributed by atoms with Crippen LogP contribution in [0, 0.1) is 11.8 Å². The van der Waals surface area contributed by atoms with Crippen LogP contribution in [0.4, 0.5) is 0 Å². The molecule has 84 valence electrons. The van der Waals surface area contributed by atoms with Gasteiger partial charge in [-0.3, -0.25) is 0 Å². The molecule has 1 rings (SSSR count). The zero-order valence-corrected chi connectivity index (χ0v) is 8.88. The van der Waals surface area contributed by atoms with E-state index in [0.29, 0.717) is 6.42 Å². The van der Waals surface area contributed by atoms with E-state index in [0.717, 1.165) is 0 Å². The summed E-state index contributed by atoms with van der Waals surface area (Å²) >= 11 is 0. The molecule has 4 N–H and O–H groups in total. The molecule has 0 aliphatic heterocycles. The molecular formula is C10H20O4. The second-order valence-electron chi connectivity index (χ2n) is 4.82. The summed E-state index contributed by atoms with van der Waals surface area (Å²) in [7, 11) is 0. The van der Waals surface area contributed by atoms with E-state index in [9.17, 15) is 20.4 Å². The molecule has 0 heterocycles. The Morgan fingerprint density at radius 3 is 2.14 bits per heavy atom. The van der Waals surface area contributed by atoms with E-state index in [1.165, 1.54) is 6.92 Å². The third-order valence-corrected chi connectivity index (χ3v) is 3.39. The van der Waals surface area contributed by atoms with Gasteiger partial charge in [0.1, 0.15) is 11.7 Å². The first-order valence-electron chi connectivity index (χ1n) is 5.05. The van der Waals surface area contributed by atoms with E-state index >= 15 is 0 Å². The van der Waals surface area contributed by atoms with E-state index in [2.05, 4.69) is 0 Å². The minimum Gasteiger partial charge on any atom is -0.390 e. The summed E-state index contributed by atoms with van der Waals surface area (Å²) in [5.74, 6) is 0.00521. The van der Waals surface area contributed by atoms with Crippen molar-refractivity contribution < 1.29 is 20.4 Å². The summed E-state index contributed by atoms with van der Waals surface area (Å²) in [6.07, 6.45) is -2.90. The van der Waals surface area contributed by atoms with Gasteiger partial charge in [0, 0.05) is 0 Å². The van der Waals surface area contributed by atoms with Gasteiger partial charge in [-0.05, 0) is 25.2 Å². The van der Waals surface area contributed by atoms with Crippen LogP contribution in [0.1, 0.15) is 27.2 Å². The Kier molecular flexibility index (Phi) is 3.21. The molecule has 0 aromatic rings. The second-order valence-corrected chi connectivity index (χ2v) is 4.82. The molecule has 0 spiro atoms. The monoisotopic (exact) mass is 204 g/mol. The van der Waals surface area contributed by atoms with Crippen molar-refractivity contribution in [3.63, 3.8) is 0 Å². The summed E-state index contributed by atoms with van der Waals surface area (Å²) in [4.78, 5) is 0. The molecule has 0 saturated heterocycles. The van der Waals surface area contributed by atoms with Gasteiger partial charge >= 0.3 is 0 Å². The minimum atomic E-state index is -1.61. The molecule has 1 fully saturated rings. The molecule has 4 heteroatoms. The molecule has 1 aliphatic carbocycles. The van der Waals surface area contributed by atoms with Gasteiger partial charge in [0.15, 0.2) is 0 Å². The van der Waals surface area contributed by atoms with Gasteiger partial charge in [-0.25, -0.2) is 0 Å². The van der Waals surface area contributed by atoms with Crippen molar-refractivity contribution in [2.24, 2.45) is 11.8 Å². The average molecular weight is 204 g/mol. The lowest BCUT2D eigenvalue weighted by atomic mass is 9.70. The number of hydrogen-bond acceptors (Lipinski definition) is 4. The summed E-state index contributed by atoms with van der Waals surface area (Å²) in [6.45, 7) is 5.20. The van der Waals surface area contributed by atoms with E-state index in [1.54, 1.807) is 0 Å². The largest absolute Gasteiger partial charge is 0.390 e. The number of rotatable bonds is 1. The van der Waals surface area contributed by atoms with Crippen molar-refractivity contribution in [1.82, 2.24) is 0 Å². The van der Waals surface area contributed by atoms with Crippen LogP contribution >= 0.6 is 0 Å². The van der Waals surface area contributed by atoms with Crippen molar-refractivity contribution in [3.05, 3.63) is 0 Å². The molecule has 0 amide bonds. The Morgan fingerprint density at radius 1 is 1.21 bits per heavy atom. The van der Waals surface area contributed by atoms with Gasteiger partial charge < -0.3 is 20.4 Å². The zero-order chi connectivity index (χ0) is 11.1. The Labute approximate surface area is 84.2 Å². The standard InChI is InChI=1S/C10H20O4/c1-5(2)6-4-7(11)10(3,14)9(13)8(6)12/h5-9,11-14H,4H2,1-3H3/t6?,7-,8+,9-,10-/m0/s1. The van der Waals surface area contributed by atoms with Crippen LogP contribution in [0.2, 0.25) is 0 Å². The van der Waals surface area contributed by atoms with Gasteiger partial charge in [-0.15, -0.1) is 0 Å². The summed E-state index contributed by atoms with van der Waals surface area (Å²) < 4.78 is 0. The van der Waals surface area contributed by atoms with Crippen LogP contribution in [0.25, 0.3) is 0 Å². The Morgan fingerprint density at radius 2 is 1.71 bits per heavy atom. The molecule has 0 bridgehead atoms. The maximum atomic E-state index is 9.74. The quantitative estimate of drug-likeness (QED) is 0.464. The molecule has 14 heavy (non-hydrogen) atoms. The van der Waals surface area contributed by atoms with Gasteiger partial charge in [0.25, 0.3) is 0 Å². The van der Waals surface area contributed by atoms with Crippen LogP contribution in [-0.4, -0.2) is 44.3 Å². The predicted octanol–water partition coefficient (Wildman–Crippen LogP) is -0.504. The van der Waals surface area contributed by atoms with Crippen molar-refractivity contribution >= 4 is 0 Å². The third-order valence-electron chi connectivity index (χ3n) is 3.39. The number of hydrogen-bond donors (Lipinski definition) is 4. The van der Waals surface area contributed by atoms with Crippen LogP contribution in [0.15, 0.2) is 0 Å². The molecule has 4 nitrogen and oxygen atoms in total. The van der Waals surface area contributed by atoms with E-state index < -0.39 is 23.9 Å². The molecule has 0 aromatic heterocycles. The van der Waals surface area contributed by atoms with Gasteiger partial charge in [-0.1, -0.05) is 13.8 Å². The Balaban J connectivity index is 2.84. The van der Waals surface area contributed by atoms with Crippen LogP contribution in [0.3, 0.4) is 0 Å². The smallest absolute Gasteiger partial charge is 0.116 e. The van der Waals surface area contributed by atoms with E-state index in [4.69, 9.17) is 0 Å². The van der Waals surface area contributed by atoms with Crippen molar-refractivity contribution in [1.29, 1.82) is 0 Å². The summed E-state index contributed by atoms with van der Waals surface area (Å²) in [5.41, 5.74) is -1.61. The normalized spacial score (nSPS) is 49.7. The topological polar surface area (TPSA) is 80.9 Å². The summed E-state index contributed by atoms with van der Waals surface area (Å²) in [6, 6.07) is 0.